The minimum absolute atomic E-state index is 0.103. The fourth-order valence-electron chi connectivity index (χ4n) is 2.63. The normalized spacial score (nSPS) is 12.2. The SMILES string of the molecule is NCCC(C(=O)Nc1ccc2[nH]ncc2c1)c1ccccc1O. The molecule has 3 aromatic rings. The van der Waals surface area contributed by atoms with Crippen LogP contribution >= 0.6 is 0 Å². The highest BCUT2D eigenvalue weighted by atomic mass is 16.3. The maximum atomic E-state index is 12.6. The van der Waals surface area contributed by atoms with Crippen LogP contribution in [-0.4, -0.2) is 27.8 Å². The van der Waals surface area contributed by atoms with Crippen LogP contribution in [-0.2, 0) is 4.79 Å². The van der Waals surface area contributed by atoms with Crippen molar-refractivity contribution in [1.29, 1.82) is 0 Å². The smallest absolute Gasteiger partial charge is 0.232 e. The van der Waals surface area contributed by atoms with E-state index in [9.17, 15) is 9.90 Å². The van der Waals surface area contributed by atoms with E-state index in [4.69, 9.17) is 5.73 Å². The molecule has 0 aliphatic heterocycles. The number of H-pyrrole nitrogens is 1. The lowest BCUT2D eigenvalue weighted by atomic mass is 9.94. The van der Waals surface area contributed by atoms with Gasteiger partial charge in [0.2, 0.25) is 5.91 Å². The van der Waals surface area contributed by atoms with Gasteiger partial charge in [-0.05, 0) is 37.2 Å². The molecule has 23 heavy (non-hydrogen) atoms. The molecule has 1 atom stereocenters. The van der Waals surface area contributed by atoms with E-state index in [0.29, 0.717) is 24.2 Å². The Labute approximate surface area is 133 Å². The number of nitrogens with one attached hydrogen (secondary N) is 2. The Kier molecular flexibility index (Phi) is 4.25. The quantitative estimate of drug-likeness (QED) is 0.580. The van der Waals surface area contributed by atoms with Crippen molar-refractivity contribution >= 4 is 22.5 Å². The van der Waals surface area contributed by atoms with Gasteiger partial charge in [0.05, 0.1) is 17.6 Å². The van der Waals surface area contributed by atoms with E-state index in [0.717, 1.165) is 10.9 Å². The van der Waals surface area contributed by atoms with Crippen LogP contribution in [0.1, 0.15) is 17.9 Å². The molecule has 2 aromatic carbocycles. The molecule has 0 saturated heterocycles. The van der Waals surface area contributed by atoms with Crippen molar-refractivity contribution < 1.29 is 9.90 Å². The summed E-state index contributed by atoms with van der Waals surface area (Å²) in [6.07, 6.45) is 2.16. The van der Waals surface area contributed by atoms with Crippen molar-refractivity contribution in [2.45, 2.75) is 12.3 Å². The summed E-state index contributed by atoms with van der Waals surface area (Å²) in [6.45, 7) is 0.354. The number of phenols is 1. The van der Waals surface area contributed by atoms with Gasteiger partial charge in [-0.25, -0.2) is 0 Å². The number of para-hydroxylation sites is 1. The predicted molar refractivity (Wildman–Crippen MR) is 89.2 cm³/mol. The Bertz CT molecular complexity index is 828. The monoisotopic (exact) mass is 310 g/mol. The van der Waals surface area contributed by atoms with Crippen LogP contribution in [0.4, 0.5) is 5.69 Å². The van der Waals surface area contributed by atoms with Crippen molar-refractivity contribution in [2.24, 2.45) is 5.73 Å². The van der Waals surface area contributed by atoms with Gasteiger partial charge >= 0.3 is 0 Å². The Morgan fingerprint density at radius 3 is 2.91 bits per heavy atom. The molecule has 1 heterocycles. The van der Waals surface area contributed by atoms with Crippen molar-refractivity contribution in [2.75, 3.05) is 11.9 Å². The molecule has 0 aliphatic carbocycles. The number of aromatic nitrogens is 2. The van der Waals surface area contributed by atoms with Crippen molar-refractivity contribution in [1.82, 2.24) is 10.2 Å². The number of hydrogen-bond donors (Lipinski definition) is 4. The van der Waals surface area contributed by atoms with E-state index in [1.54, 1.807) is 30.5 Å². The summed E-state index contributed by atoms with van der Waals surface area (Å²) in [5, 5.41) is 20.6. The summed E-state index contributed by atoms with van der Waals surface area (Å²) in [7, 11) is 0. The van der Waals surface area contributed by atoms with E-state index in [1.807, 2.05) is 18.2 Å². The molecular weight excluding hydrogens is 292 g/mol. The number of aromatic amines is 1. The summed E-state index contributed by atoms with van der Waals surface area (Å²) in [6, 6.07) is 12.4. The third-order valence-electron chi connectivity index (χ3n) is 3.79. The minimum atomic E-state index is -0.499. The molecule has 1 unspecified atom stereocenters. The molecule has 0 bridgehead atoms. The second-order valence-corrected chi connectivity index (χ2v) is 5.35. The lowest BCUT2D eigenvalue weighted by molar-refractivity contribution is -0.117. The fourth-order valence-corrected chi connectivity index (χ4v) is 2.63. The first-order valence-corrected chi connectivity index (χ1v) is 7.41. The van der Waals surface area contributed by atoms with Crippen LogP contribution in [0.3, 0.4) is 0 Å². The average Bonchev–Trinajstić information content (AvgIpc) is 3.01. The van der Waals surface area contributed by atoms with Crippen LogP contribution in [0.2, 0.25) is 0 Å². The number of amides is 1. The number of carbonyl (C=O) groups excluding carboxylic acids is 1. The number of aromatic hydroxyl groups is 1. The maximum absolute atomic E-state index is 12.6. The Balaban J connectivity index is 1.85. The van der Waals surface area contributed by atoms with Crippen LogP contribution in [0.5, 0.6) is 5.75 Å². The first kappa shape index (κ1) is 15.1. The molecule has 0 spiro atoms. The van der Waals surface area contributed by atoms with Gasteiger partial charge in [0.1, 0.15) is 5.75 Å². The van der Waals surface area contributed by atoms with Crippen LogP contribution in [0, 0.1) is 0 Å². The molecule has 118 valence electrons. The highest BCUT2D eigenvalue weighted by Crippen LogP contribution is 2.29. The highest BCUT2D eigenvalue weighted by Gasteiger charge is 2.22. The number of benzene rings is 2. The molecule has 0 radical (unpaired) electrons. The van der Waals surface area contributed by atoms with Gasteiger partial charge in [-0.2, -0.15) is 5.10 Å². The van der Waals surface area contributed by atoms with Gasteiger partial charge < -0.3 is 16.2 Å². The molecule has 6 heteroatoms. The summed E-state index contributed by atoms with van der Waals surface area (Å²) < 4.78 is 0. The number of hydrogen-bond acceptors (Lipinski definition) is 4. The van der Waals surface area contributed by atoms with Gasteiger partial charge in [0, 0.05) is 16.6 Å². The number of phenolic OH excluding ortho intramolecular Hbond substituents is 1. The Morgan fingerprint density at radius 2 is 2.13 bits per heavy atom. The van der Waals surface area contributed by atoms with Crippen LogP contribution in [0.25, 0.3) is 10.9 Å². The zero-order valence-electron chi connectivity index (χ0n) is 12.5. The van der Waals surface area contributed by atoms with Gasteiger partial charge in [0.15, 0.2) is 0 Å². The van der Waals surface area contributed by atoms with Gasteiger partial charge in [-0.3, -0.25) is 9.89 Å². The van der Waals surface area contributed by atoms with Gasteiger partial charge in [-0.1, -0.05) is 18.2 Å². The number of fused-ring (bicyclic) bond motifs is 1. The molecule has 1 aromatic heterocycles. The van der Waals surface area contributed by atoms with E-state index >= 15 is 0 Å². The van der Waals surface area contributed by atoms with Gasteiger partial charge in [0.25, 0.3) is 0 Å². The molecule has 1 amide bonds. The number of anilines is 1. The van der Waals surface area contributed by atoms with Crippen molar-refractivity contribution in [3.63, 3.8) is 0 Å². The molecular formula is C17H18N4O2. The Hall–Kier alpha value is -2.86. The van der Waals surface area contributed by atoms with E-state index < -0.39 is 5.92 Å². The standard InChI is InChI=1S/C17H18N4O2/c18-8-7-14(13-3-1-2-4-16(13)22)17(23)20-12-5-6-15-11(9-12)10-19-21-15/h1-6,9-10,14,22H,7-8,18H2,(H,19,21)(H,20,23). The molecule has 3 rings (SSSR count). The molecule has 6 nitrogen and oxygen atoms in total. The predicted octanol–water partition coefficient (Wildman–Crippen LogP) is 2.34. The largest absolute Gasteiger partial charge is 0.508 e. The summed E-state index contributed by atoms with van der Waals surface area (Å²) in [4.78, 5) is 12.6. The zero-order valence-corrected chi connectivity index (χ0v) is 12.5. The average molecular weight is 310 g/mol. The van der Waals surface area contributed by atoms with E-state index in [2.05, 4.69) is 15.5 Å². The number of rotatable bonds is 5. The summed E-state index contributed by atoms with van der Waals surface area (Å²) >= 11 is 0. The number of nitrogens with two attached hydrogens (primary N) is 1. The highest BCUT2D eigenvalue weighted by molar-refractivity contribution is 5.97. The first-order valence-electron chi connectivity index (χ1n) is 7.41. The van der Waals surface area contributed by atoms with Crippen molar-refractivity contribution in [3.8, 4) is 5.75 Å². The van der Waals surface area contributed by atoms with Crippen LogP contribution in [0.15, 0.2) is 48.7 Å². The van der Waals surface area contributed by atoms with E-state index in [1.165, 1.54) is 0 Å². The lowest BCUT2D eigenvalue weighted by Crippen LogP contribution is -2.23. The van der Waals surface area contributed by atoms with Crippen molar-refractivity contribution in [3.05, 3.63) is 54.2 Å². The zero-order chi connectivity index (χ0) is 16.2. The number of nitrogens with zero attached hydrogens (tertiary/aromatic N) is 1. The first-order chi connectivity index (χ1) is 11.2. The molecule has 0 fully saturated rings. The maximum Gasteiger partial charge on any atom is 0.232 e. The third-order valence-corrected chi connectivity index (χ3v) is 3.79. The van der Waals surface area contributed by atoms with E-state index in [-0.39, 0.29) is 11.7 Å². The summed E-state index contributed by atoms with van der Waals surface area (Å²) in [5.41, 5.74) is 7.80. The molecule has 0 aliphatic rings. The topological polar surface area (TPSA) is 104 Å². The lowest BCUT2D eigenvalue weighted by Gasteiger charge is -2.17. The number of carbonyl (C=O) groups is 1. The second-order valence-electron chi connectivity index (χ2n) is 5.35. The van der Waals surface area contributed by atoms with Gasteiger partial charge in [-0.15, -0.1) is 0 Å². The Morgan fingerprint density at radius 1 is 1.30 bits per heavy atom. The summed E-state index contributed by atoms with van der Waals surface area (Å²) in [5.74, 6) is -0.590. The fraction of sp³-hybridized carbons (Fsp3) is 0.176. The molecule has 5 N–H and O–H groups in total. The van der Waals surface area contributed by atoms with Crippen LogP contribution < -0.4 is 11.1 Å². The molecule has 0 saturated carbocycles. The minimum Gasteiger partial charge on any atom is -0.508 e. The second kappa shape index (κ2) is 6.50. The third kappa shape index (κ3) is 3.17.